The lowest BCUT2D eigenvalue weighted by Crippen LogP contribution is -2.53. The molecule has 1 aliphatic rings. The summed E-state index contributed by atoms with van der Waals surface area (Å²) in [5.41, 5.74) is 5.72. The summed E-state index contributed by atoms with van der Waals surface area (Å²) < 4.78 is 45.4. The van der Waals surface area contributed by atoms with E-state index in [0.29, 0.717) is 25.0 Å². The number of carbonyl (C=O) groups is 4. The van der Waals surface area contributed by atoms with Crippen LogP contribution in [0.1, 0.15) is 52.0 Å². The summed E-state index contributed by atoms with van der Waals surface area (Å²) in [5.74, 6) is -6.43. The second-order valence-corrected chi connectivity index (χ2v) is 9.35. The van der Waals surface area contributed by atoms with Crippen molar-refractivity contribution in [2.75, 3.05) is 13.2 Å². The maximum atomic E-state index is 13.9. The van der Waals surface area contributed by atoms with Gasteiger partial charge in [-0.15, -0.1) is 0 Å². The molecule has 212 valence electrons. The molecule has 38 heavy (non-hydrogen) atoms. The second-order valence-electron chi connectivity index (χ2n) is 9.35. The monoisotopic (exact) mass is 544 g/mol. The van der Waals surface area contributed by atoms with E-state index in [1.807, 2.05) is 6.92 Å². The summed E-state index contributed by atoms with van der Waals surface area (Å²) in [7, 11) is 0. The SMILES string of the molecule is CCCC(N[C@@H](C)C(=O)N1C[C@@H](NC(=O)C[C@H](N)Cc2cc(F)c(F)cc2F)C[C@H]1C(=O)O)C(=O)OCC. The number of hydrogen-bond donors (Lipinski definition) is 4. The fraction of sp³-hybridized carbons (Fsp3) is 0.600. The first-order valence-corrected chi connectivity index (χ1v) is 12.5. The van der Waals surface area contributed by atoms with Crippen molar-refractivity contribution in [1.82, 2.24) is 15.5 Å². The minimum Gasteiger partial charge on any atom is -0.480 e. The van der Waals surface area contributed by atoms with Crippen molar-refractivity contribution in [3.8, 4) is 0 Å². The molecule has 5 N–H and O–H groups in total. The van der Waals surface area contributed by atoms with Gasteiger partial charge in [0.25, 0.3) is 0 Å². The zero-order valence-electron chi connectivity index (χ0n) is 21.6. The molecular weight excluding hydrogens is 509 g/mol. The lowest BCUT2D eigenvalue weighted by molar-refractivity contribution is -0.150. The number of carboxylic acid groups (broad SMARTS) is 1. The first-order valence-electron chi connectivity index (χ1n) is 12.5. The van der Waals surface area contributed by atoms with Crippen LogP contribution in [0.3, 0.4) is 0 Å². The number of amides is 2. The zero-order chi connectivity index (χ0) is 28.6. The predicted molar refractivity (Wildman–Crippen MR) is 130 cm³/mol. The predicted octanol–water partition coefficient (Wildman–Crippen LogP) is 1.24. The molecular formula is C25H35F3N4O6. The average molecular weight is 545 g/mol. The Bertz CT molecular complexity index is 1030. The Morgan fingerprint density at radius 1 is 1.16 bits per heavy atom. The molecule has 2 rings (SSSR count). The molecule has 0 radical (unpaired) electrons. The number of nitrogens with two attached hydrogens (primary N) is 1. The van der Waals surface area contributed by atoms with Gasteiger partial charge in [0, 0.05) is 37.5 Å². The maximum absolute atomic E-state index is 13.9. The molecule has 0 aliphatic carbocycles. The molecule has 0 bridgehead atoms. The molecule has 1 unspecified atom stereocenters. The highest BCUT2D eigenvalue weighted by Crippen LogP contribution is 2.21. The quantitative estimate of drug-likeness (QED) is 0.214. The number of nitrogens with one attached hydrogen (secondary N) is 2. The van der Waals surface area contributed by atoms with E-state index in [2.05, 4.69) is 10.6 Å². The normalized spacial score (nSPS) is 19.5. The van der Waals surface area contributed by atoms with Crippen molar-refractivity contribution >= 4 is 23.8 Å². The van der Waals surface area contributed by atoms with Crippen LogP contribution in [0.5, 0.6) is 0 Å². The van der Waals surface area contributed by atoms with Gasteiger partial charge in [-0.25, -0.2) is 18.0 Å². The fourth-order valence-electron chi connectivity index (χ4n) is 4.44. The molecule has 2 amide bonds. The highest BCUT2D eigenvalue weighted by atomic mass is 19.2. The molecule has 1 fully saturated rings. The Hall–Kier alpha value is -3.19. The first kappa shape index (κ1) is 31.0. The highest BCUT2D eigenvalue weighted by molar-refractivity contribution is 5.88. The molecule has 1 saturated heterocycles. The van der Waals surface area contributed by atoms with E-state index in [0.717, 1.165) is 4.90 Å². The molecule has 10 nitrogen and oxygen atoms in total. The lowest BCUT2D eigenvalue weighted by Gasteiger charge is -2.27. The van der Waals surface area contributed by atoms with Gasteiger partial charge < -0.3 is 25.8 Å². The van der Waals surface area contributed by atoms with E-state index < -0.39 is 71.4 Å². The van der Waals surface area contributed by atoms with Crippen molar-refractivity contribution in [3.05, 3.63) is 35.1 Å². The molecule has 0 aromatic heterocycles. The number of halogens is 3. The Morgan fingerprint density at radius 2 is 1.82 bits per heavy atom. The van der Waals surface area contributed by atoms with Crippen LogP contribution in [0, 0.1) is 17.5 Å². The summed E-state index contributed by atoms with van der Waals surface area (Å²) in [6, 6.07) is -3.36. The number of hydrogen-bond acceptors (Lipinski definition) is 7. The number of benzene rings is 1. The van der Waals surface area contributed by atoms with Crippen LogP contribution in [0.25, 0.3) is 0 Å². The van der Waals surface area contributed by atoms with Gasteiger partial charge in [0.05, 0.1) is 12.6 Å². The van der Waals surface area contributed by atoms with Crippen molar-refractivity contribution in [2.24, 2.45) is 5.73 Å². The van der Waals surface area contributed by atoms with Gasteiger partial charge in [-0.05, 0) is 38.3 Å². The molecule has 1 heterocycles. The Kier molecular flexibility index (Phi) is 11.5. The second kappa shape index (κ2) is 14.1. The van der Waals surface area contributed by atoms with Gasteiger partial charge in [0.2, 0.25) is 11.8 Å². The standard InChI is InChI=1S/C25H35F3N4O6/c1-4-6-20(25(37)38-5-2)30-13(3)23(34)32-12-16(10-21(32)24(35)36)31-22(33)9-15(29)7-14-8-18(27)19(28)11-17(14)26/h8,11,13,15-16,20-21,30H,4-7,9-10,12,29H2,1-3H3,(H,31,33)(H,35,36)/t13-,15+,16-,20?,21-/m0/s1. The Morgan fingerprint density at radius 3 is 2.42 bits per heavy atom. The van der Waals surface area contributed by atoms with Crippen LogP contribution < -0.4 is 16.4 Å². The molecule has 0 saturated carbocycles. The van der Waals surface area contributed by atoms with E-state index in [1.54, 1.807) is 6.92 Å². The minimum absolute atomic E-state index is 0.0527. The Balaban J connectivity index is 1.99. The number of nitrogens with zero attached hydrogens (tertiary/aromatic N) is 1. The van der Waals surface area contributed by atoms with Crippen LogP contribution >= 0.6 is 0 Å². The average Bonchev–Trinajstić information content (AvgIpc) is 3.25. The fourth-order valence-corrected chi connectivity index (χ4v) is 4.44. The van der Waals surface area contributed by atoms with Crippen LogP contribution in [-0.4, -0.2) is 77.1 Å². The third kappa shape index (κ3) is 8.42. The highest BCUT2D eigenvalue weighted by Gasteiger charge is 2.42. The summed E-state index contributed by atoms with van der Waals surface area (Å²) in [6.07, 6.45) is 0.496. The molecule has 13 heteroatoms. The van der Waals surface area contributed by atoms with Crippen molar-refractivity contribution in [3.63, 3.8) is 0 Å². The van der Waals surface area contributed by atoms with Gasteiger partial charge in [-0.1, -0.05) is 13.3 Å². The van der Waals surface area contributed by atoms with Gasteiger partial charge in [0.1, 0.15) is 17.9 Å². The van der Waals surface area contributed by atoms with E-state index in [4.69, 9.17) is 10.5 Å². The molecule has 1 aromatic rings. The zero-order valence-corrected chi connectivity index (χ0v) is 21.6. The van der Waals surface area contributed by atoms with Gasteiger partial charge in [-0.3, -0.25) is 19.7 Å². The van der Waals surface area contributed by atoms with Crippen LogP contribution in [-0.2, 0) is 30.3 Å². The molecule has 1 aromatic carbocycles. The number of aliphatic carboxylic acids is 1. The number of carbonyl (C=O) groups excluding carboxylic acids is 3. The number of rotatable bonds is 13. The van der Waals surface area contributed by atoms with Crippen molar-refractivity contribution in [2.45, 2.75) is 83.1 Å². The molecule has 0 spiro atoms. The first-order chi connectivity index (χ1) is 17.9. The lowest BCUT2D eigenvalue weighted by atomic mass is 10.0. The smallest absolute Gasteiger partial charge is 0.326 e. The van der Waals surface area contributed by atoms with Gasteiger partial charge in [-0.2, -0.15) is 0 Å². The largest absolute Gasteiger partial charge is 0.480 e. The Labute approximate surface area is 219 Å². The summed E-state index contributed by atoms with van der Waals surface area (Å²) in [5, 5.41) is 15.2. The third-order valence-corrected chi connectivity index (χ3v) is 6.22. The summed E-state index contributed by atoms with van der Waals surface area (Å²) in [6.45, 7) is 5.15. The topological polar surface area (TPSA) is 151 Å². The van der Waals surface area contributed by atoms with Crippen LogP contribution in [0.4, 0.5) is 13.2 Å². The molecule has 1 aliphatic heterocycles. The summed E-state index contributed by atoms with van der Waals surface area (Å²) in [4.78, 5) is 50.8. The number of likely N-dealkylation sites (tertiary alicyclic amines) is 1. The number of carboxylic acids is 1. The number of esters is 1. The van der Waals surface area contributed by atoms with Crippen LogP contribution in [0.15, 0.2) is 12.1 Å². The van der Waals surface area contributed by atoms with E-state index >= 15 is 0 Å². The number of ether oxygens (including phenoxy) is 1. The maximum Gasteiger partial charge on any atom is 0.326 e. The van der Waals surface area contributed by atoms with Gasteiger partial charge in [0.15, 0.2) is 11.6 Å². The summed E-state index contributed by atoms with van der Waals surface area (Å²) >= 11 is 0. The van der Waals surface area contributed by atoms with Gasteiger partial charge >= 0.3 is 11.9 Å². The molecule has 5 atom stereocenters. The van der Waals surface area contributed by atoms with E-state index in [1.165, 1.54) is 6.92 Å². The van der Waals surface area contributed by atoms with Crippen molar-refractivity contribution < 1.29 is 42.2 Å². The minimum atomic E-state index is -1.34. The van der Waals surface area contributed by atoms with E-state index in [-0.39, 0.29) is 38.0 Å². The van der Waals surface area contributed by atoms with Crippen LogP contribution in [0.2, 0.25) is 0 Å². The van der Waals surface area contributed by atoms with E-state index in [9.17, 15) is 37.5 Å². The third-order valence-electron chi connectivity index (χ3n) is 6.22. The van der Waals surface area contributed by atoms with Crippen molar-refractivity contribution in [1.29, 1.82) is 0 Å².